The van der Waals surface area contributed by atoms with E-state index >= 15 is 0 Å². The van der Waals surface area contributed by atoms with Crippen molar-refractivity contribution in [1.82, 2.24) is 5.32 Å². The summed E-state index contributed by atoms with van der Waals surface area (Å²) in [6.07, 6.45) is 29.8. The third-order valence-electron chi connectivity index (χ3n) is 4.35. The third kappa shape index (κ3) is 14.2. The minimum atomic E-state index is -0.0116. The zero-order valence-corrected chi connectivity index (χ0v) is 17.3. The number of hydrogen-bond donors (Lipinski definition) is 2. The van der Waals surface area contributed by atoms with Gasteiger partial charge in [0.1, 0.15) is 0 Å². The Hall–Kier alpha value is -1.91. The van der Waals surface area contributed by atoms with Gasteiger partial charge in [-0.3, -0.25) is 4.79 Å². The summed E-state index contributed by atoms with van der Waals surface area (Å²) in [7, 11) is 0. The molecule has 0 radical (unpaired) electrons. The van der Waals surface area contributed by atoms with Crippen molar-refractivity contribution >= 4 is 5.91 Å². The molecule has 1 saturated heterocycles. The number of ether oxygens (including phenoxy) is 1. The normalized spacial score (nSPS) is 19.8. The fourth-order valence-corrected chi connectivity index (χ4v) is 2.68. The van der Waals surface area contributed by atoms with Crippen LogP contribution in [0.3, 0.4) is 0 Å². The number of aliphatic hydroxyl groups excluding tert-OH is 1. The number of allylic oxidation sites excluding steroid dienone is 9. The van der Waals surface area contributed by atoms with Gasteiger partial charge in [0, 0.05) is 13.0 Å². The number of nitrogens with one attached hydrogen (secondary N) is 1. The number of epoxide rings is 1. The van der Waals surface area contributed by atoms with E-state index in [-0.39, 0.29) is 12.5 Å². The van der Waals surface area contributed by atoms with Crippen LogP contribution in [-0.2, 0) is 9.53 Å². The zero-order chi connectivity index (χ0) is 20.3. The molecule has 2 N–H and O–H groups in total. The van der Waals surface area contributed by atoms with Crippen LogP contribution in [0, 0.1) is 0 Å². The van der Waals surface area contributed by atoms with Crippen LogP contribution in [0.4, 0.5) is 0 Å². The number of aliphatic hydroxyl groups is 1. The van der Waals surface area contributed by atoms with E-state index < -0.39 is 0 Å². The molecule has 4 nitrogen and oxygen atoms in total. The van der Waals surface area contributed by atoms with Crippen LogP contribution < -0.4 is 5.32 Å². The van der Waals surface area contributed by atoms with Crippen LogP contribution in [0.15, 0.2) is 60.8 Å². The van der Waals surface area contributed by atoms with E-state index in [0.29, 0.717) is 25.2 Å². The highest BCUT2D eigenvalue weighted by Crippen LogP contribution is 2.28. The van der Waals surface area contributed by atoms with Gasteiger partial charge in [-0.05, 0) is 44.9 Å². The first-order valence-corrected chi connectivity index (χ1v) is 10.6. The van der Waals surface area contributed by atoms with Crippen LogP contribution >= 0.6 is 0 Å². The first kappa shape index (κ1) is 24.1. The fourth-order valence-electron chi connectivity index (χ4n) is 2.68. The van der Waals surface area contributed by atoms with Crippen LogP contribution in [0.25, 0.3) is 0 Å². The van der Waals surface area contributed by atoms with E-state index in [1.807, 2.05) is 6.08 Å². The summed E-state index contributed by atoms with van der Waals surface area (Å²) in [6, 6.07) is 0. The van der Waals surface area contributed by atoms with Gasteiger partial charge >= 0.3 is 0 Å². The Kier molecular flexibility index (Phi) is 14.8. The standard InChI is InChI=1S/C24H37NO3/c1-2-22-23(28-22)18-16-14-12-10-8-6-4-3-5-7-9-11-13-15-17-19-24(27)25-20-21-26/h3-4,7-10,13-16,22-23,26H,2,5-6,11-12,17-21H2,1H3,(H,25,27)/b4-3-,9-7-,10-8-,15-13-,16-14-. The van der Waals surface area contributed by atoms with Crippen molar-refractivity contribution in [3.63, 3.8) is 0 Å². The van der Waals surface area contributed by atoms with Crippen molar-refractivity contribution in [1.29, 1.82) is 0 Å². The van der Waals surface area contributed by atoms with Crippen molar-refractivity contribution in [3.8, 4) is 0 Å². The average Bonchev–Trinajstić information content (AvgIpc) is 3.47. The largest absolute Gasteiger partial charge is 0.395 e. The van der Waals surface area contributed by atoms with Gasteiger partial charge in [-0.25, -0.2) is 0 Å². The second-order valence-corrected chi connectivity index (χ2v) is 6.77. The van der Waals surface area contributed by atoms with Gasteiger partial charge in [0.25, 0.3) is 0 Å². The molecule has 4 heteroatoms. The molecule has 2 unspecified atom stereocenters. The quantitative estimate of drug-likeness (QED) is 0.296. The van der Waals surface area contributed by atoms with Gasteiger partial charge in [-0.2, -0.15) is 0 Å². The Morgan fingerprint density at radius 3 is 1.89 bits per heavy atom. The first-order valence-electron chi connectivity index (χ1n) is 10.6. The Morgan fingerprint density at radius 1 is 0.857 bits per heavy atom. The highest BCUT2D eigenvalue weighted by atomic mass is 16.6. The maximum Gasteiger partial charge on any atom is 0.220 e. The third-order valence-corrected chi connectivity index (χ3v) is 4.35. The number of hydrogen-bond acceptors (Lipinski definition) is 3. The number of rotatable bonds is 16. The molecule has 0 bridgehead atoms. The summed E-state index contributed by atoms with van der Waals surface area (Å²) < 4.78 is 5.50. The summed E-state index contributed by atoms with van der Waals surface area (Å²) >= 11 is 0. The predicted octanol–water partition coefficient (Wildman–Crippen LogP) is 4.78. The zero-order valence-electron chi connectivity index (χ0n) is 17.3. The molecular formula is C24H37NO3. The monoisotopic (exact) mass is 387 g/mol. The summed E-state index contributed by atoms with van der Waals surface area (Å²) in [5.74, 6) is -0.0116. The van der Waals surface area contributed by atoms with Crippen molar-refractivity contribution in [2.24, 2.45) is 0 Å². The molecule has 156 valence electrons. The number of carbonyl (C=O) groups is 1. The van der Waals surface area contributed by atoms with E-state index in [2.05, 4.69) is 66.9 Å². The van der Waals surface area contributed by atoms with Gasteiger partial charge in [0.15, 0.2) is 0 Å². The Balaban J connectivity index is 1.90. The predicted molar refractivity (Wildman–Crippen MR) is 117 cm³/mol. The minimum absolute atomic E-state index is 0.00943. The first-order chi connectivity index (χ1) is 13.8. The van der Waals surface area contributed by atoms with E-state index in [9.17, 15) is 4.79 Å². The van der Waals surface area contributed by atoms with Crippen LogP contribution in [-0.4, -0.2) is 36.4 Å². The number of amides is 1. The maximum absolute atomic E-state index is 11.3. The SMILES string of the molecule is CCC1OC1C/C=C\C/C=C\C/C=C\C/C=C\C/C=C\CCC(=O)NCCO. The summed E-state index contributed by atoms with van der Waals surface area (Å²) in [4.78, 5) is 11.3. The van der Waals surface area contributed by atoms with E-state index in [0.717, 1.165) is 44.9 Å². The van der Waals surface area contributed by atoms with Gasteiger partial charge in [-0.15, -0.1) is 0 Å². The van der Waals surface area contributed by atoms with Crippen molar-refractivity contribution < 1.29 is 14.6 Å². The van der Waals surface area contributed by atoms with E-state index in [1.54, 1.807) is 0 Å². The lowest BCUT2D eigenvalue weighted by atomic mass is 10.2. The fraction of sp³-hybridized carbons (Fsp3) is 0.542. The summed E-state index contributed by atoms with van der Waals surface area (Å²) in [5, 5.41) is 11.2. The highest BCUT2D eigenvalue weighted by Gasteiger charge is 2.35. The Morgan fingerprint density at radius 2 is 1.39 bits per heavy atom. The van der Waals surface area contributed by atoms with Crippen molar-refractivity contribution in [3.05, 3.63) is 60.8 Å². The highest BCUT2D eigenvalue weighted by molar-refractivity contribution is 5.75. The molecule has 0 saturated carbocycles. The molecule has 0 aromatic heterocycles. The second kappa shape index (κ2) is 17.2. The molecular weight excluding hydrogens is 350 g/mol. The molecule has 1 amide bonds. The molecule has 28 heavy (non-hydrogen) atoms. The van der Waals surface area contributed by atoms with Crippen molar-refractivity contribution in [2.45, 2.75) is 70.5 Å². The summed E-state index contributed by atoms with van der Waals surface area (Å²) in [5.41, 5.74) is 0. The topological polar surface area (TPSA) is 61.9 Å². The van der Waals surface area contributed by atoms with Gasteiger partial charge in [0.2, 0.25) is 5.91 Å². The summed E-state index contributed by atoms with van der Waals surface area (Å²) in [6.45, 7) is 2.50. The molecule has 1 fully saturated rings. The molecule has 0 spiro atoms. The molecule has 0 aliphatic carbocycles. The molecule has 1 heterocycles. The van der Waals surface area contributed by atoms with Crippen LogP contribution in [0.1, 0.15) is 58.3 Å². The minimum Gasteiger partial charge on any atom is -0.395 e. The van der Waals surface area contributed by atoms with Gasteiger partial charge in [0.05, 0.1) is 18.8 Å². The number of carbonyl (C=O) groups excluding carboxylic acids is 1. The lowest BCUT2D eigenvalue weighted by molar-refractivity contribution is -0.121. The van der Waals surface area contributed by atoms with Gasteiger partial charge in [-0.1, -0.05) is 67.7 Å². The molecule has 2 atom stereocenters. The average molecular weight is 388 g/mol. The lowest BCUT2D eigenvalue weighted by Crippen LogP contribution is -2.25. The van der Waals surface area contributed by atoms with Gasteiger partial charge < -0.3 is 15.2 Å². The lowest BCUT2D eigenvalue weighted by Gasteiger charge is -1.99. The van der Waals surface area contributed by atoms with Crippen LogP contribution in [0.5, 0.6) is 0 Å². The molecule has 0 aromatic carbocycles. The Labute approximate surface area is 170 Å². The van der Waals surface area contributed by atoms with E-state index in [4.69, 9.17) is 9.84 Å². The molecule has 0 aromatic rings. The van der Waals surface area contributed by atoms with Crippen LogP contribution in [0.2, 0.25) is 0 Å². The molecule has 1 aliphatic heterocycles. The Bertz CT molecular complexity index is 546. The molecule has 1 aliphatic rings. The molecule has 1 rings (SSSR count). The maximum atomic E-state index is 11.3. The van der Waals surface area contributed by atoms with Crippen molar-refractivity contribution in [2.75, 3.05) is 13.2 Å². The van der Waals surface area contributed by atoms with E-state index in [1.165, 1.54) is 0 Å². The smallest absolute Gasteiger partial charge is 0.220 e. The second-order valence-electron chi connectivity index (χ2n) is 6.77.